The molecule has 0 saturated heterocycles. The molecule has 0 aliphatic heterocycles. The van der Waals surface area contributed by atoms with E-state index in [9.17, 15) is 17.8 Å². The molecule has 4 rings (SSSR count). The summed E-state index contributed by atoms with van der Waals surface area (Å²) >= 11 is 0. The van der Waals surface area contributed by atoms with E-state index in [0.717, 1.165) is 11.8 Å². The lowest BCUT2D eigenvalue weighted by molar-refractivity contribution is -0.162. The van der Waals surface area contributed by atoms with E-state index in [-0.39, 0.29) is 30.7 Å². The number of ether oxygens (including phenoxy) is 1. The minimum atomic E-state index is -4.15. The van der Waals surface area contributed by atoms with Crippen LogP contribution in [-0.2, 0) is 19.6 Å². The van der Waals surface area contributed by atoms with Crippen LogP contribution in [0.5, 0.6) is 0 Å². The van der Waals surface area contributed by atoms with Gasteiger partial charge in [-0.15, -0.1) is 0 Å². The number of hydrogen-bond acceptors (Lipinski definition) is 5. The second-order valence-electron chi connectivity index (χ2n) is 7.09. The van der Waals surface area contributed by atoms with E-state index in [1.54, 1.807) is 0 Å². The number of unbranched alkanes of at least 4 members (excludes halogenated alkanes) is 1. The first-order valence-electron chi connectivity index (χ1n) is 8.02. The van der Waals surface area contributed by atoms with Crippen molar-refractivity contribution < 1.29 is 22.5 Å². The van der Waals surface area contributed by atoms with Crippen molar-refractivity contribution in [3.8, 4) is 0 Å². The topological polar surface area (TPSA) is 83.5 Å². The van der Waals surface area contributed by atoms with Gasteiger partial charge in [0.25, 0.3) is 0 Å². The molecule has 0 aromatic rings. The fourth-order valence-corrected chi connectivity index (χ4v) is 5.52. The lowest BCUT2D eigenvalue weighted by Gasteiger charge is -2.53. The molecule has 0 unspecified atom stereocenters. The average molecular weight is 315 g/mol. The van der Waals surface area contributed by atoms with Crippen molar-refractivity contribution in [2.24, 2.45) is 29.6 Å². The van der Waals surface area contributed by atoms with Crippen molar-refractivity contribution in [2.45, 2.75) is 44.9 Å². The van der Waals surface area contributed by atoms with Crippen LogP contribution >= 0.6 is 0 Å². The van der Waals surface area contributed by atoms with Crippen LogP contribution in [0.3, 0.4) is 0 Å². The monoisotopic (exact) mass is 315 g/mol. The number of carbonyl (C=O) groups excluding carboxylic acids is 1. The van der Waals surface area contributed by atoms with E-state index < -0.39 is 10.1 Å². The fraction of sp³-hybridized carbons (Fsp3) is 0.933. The molecule has 4 aliphatic rings. The zero-order chi connectivity index (χ0) is 15.0. The Morgan fingerprint density at radius 1 is 1.00 bits per heavy atom. The molecule has 4 aliphatic carbocycles. The summed E-state index contributed by atoms with van der Waals surface area (Å²) in [4.78, 5) is 12.3. The molecule has 0 radical (unpaired) electrons. The summed E-state index contributed by atoms with van der Waals surface area (Å²) in [5.74, 6) is 2.29. The van der Waals surface area contributed by atoms with Gasteiger partial charge in [-0.1, -0.05) is 0 Å². The van der Waals surface area contributed by atoms with Crippen molar-refractivity contribution in [1.29, 1.82) is 0 Å². The van der Waals surface area contributed by atoms with Gasteiger partial charge >= 0.3 is 5.97 Å². The van der Waals surface area contributed by atoms with Crippen LogP contribution in [0, 0.1) is 29.6 Å². The highest BCUT2D eigenvalue weighted by molar-refractivity contribution is 7.85. The summed E-state index contributed by atoms with van der Waals surface area (Å²) in [6.45, 7) is 0.233. The first-order chi connectivity index (χ1) is 9.92. The van der Waals surface area contributed by atoms with E-state index >= 15 is 0 Å². The van der Waals surface area contributed by atoms with Crippen molar-refractivity contribution in [1.82, 2.24) is 0 Å². The smallest absolute Gasteiger partial charge is 0.309 e. The molecule has 4 fully saturated rings. The summed E-state index contributed by atoms with van der Waals surface area (Å²) in [5, 5.41) is 0. The van der Waals surface area contributed by atoms with Gasteiger partial charge in [0.1, 0.15) is 0 Å². The van der Waals surface area contributed by atoms with Gasteiger partial charge in [0.15, 0.2) is 0 Å². The standard InChI is InChI=1S/C15H24O5S/c16-15(20-3-1-2-4-21(17,18)19)14-12-6-10-5-11(8-12)9-13(14)7-10/h10-14H,1-9H2,(H,17,18,19)/p-1. The van der Waals surface area contributed by atoms with Crippen molar-refractivity contribution in [2.75, 3.05) is 12.4 Å². The quantitative estimate of drug-likeness (QED) is 0.425. The zero-order valence-corrected chi connectivity index (χ0v) is 13.0. The van der Waals surface area contributed by atoms with Crippen molar-refractivity contribution >= 4 is 16.1 Å². The van der Waals surface area contributed by atoms with Gasteiger partial charge in [-0.25, -0.2) is 8.42 Å². The van der Waals surface area contributed by atoms with Crippen molar-refractivity contribution in [3.63, 3.8) is 0 Å². The molecule has 0 atom stereocenters. The van der Waals surface area contributed by atoms with Crippen LogP contribution in [0.4, 0.5) is 0 Å². The van der Waals surface area contributed by atoms with E-state index in [1.165, 1.54) is 32.1 Å². The Hall–Kier alpha value is -0.620. The molecule has 4 bridgehead atoms. The van der Waals surface area contributed by atoms with Crippen LogP contribution in [0.25, 0.3) is 0 Å². The highest BCUT2D eigenvalue weighted by Gasteiger charge is 2.51. The normalized spacial score (nSPS) is 37.7. The maximum absolute atomic E-state index is 12.3. The Morgan fingerprint density at radius 3 is 2.10 bits per heavy atom. The number of carbonyl (C=O) groups is 1. The van der Waals surface area contributed by atoms with Crippen LogP contribution in [0.15, 0.2) is 0 Å². The average Bonchev–Trinajstić information content (AvgIpc) is 2.35. The summed E-state index contributed by atoms with van der Waals surface area (Å²) in [5.41, 5.74) is 0. The van der Waals surface area contributed by atoms with E-state index in [1.807, 2.05) is 0 Å². The van der Waals surface area contributed by atoms with Gasteiger partial charge in [0, 0.05) is 5.75 Å². The molecule has 0 heterocycles. The molecule has 4 saturated carbocycles. The predicted molar refractivity (Wildman–Crippen MR) is 75.3 cm³/mol. The van der Waals surface area contributed by atoms with Gasteiger partial charge in [0.05, 0.1) is 22.6 Å². The zero-order valence-electron chi connectivity index (χ0n) is 12.2. The second-order valence-corrected chi connectivity index (χ2v) is 8.62. The van der Waals surface area contributed by atoms with E-state index in [4.69, 9.17) is 4.74 Å². The second kappa shape index (κ2) is 5.88. The molecule has 0 aromatic heterocycles. The molecule has 0 aromatic carbocycles. The van der Waals surface area contributed by atoms with Crippen LogP contribution in [-0.4, -0.2) is 31.3 Å². The van der Waals surface area contributed by atoms with Gasteiger partial charge < -0.3 is 9.29 Å². The minimum Gasteiger partial charge on any atom is -0.748 e. The lowest BCUT2D eigenvalue weighted by Crippen LogP contribution is -2.48. The van der Waals surface area contributed by atoms with E-state index in [0.29, 0.717) is 18.3 Å². The third-order valence-electron chi connectivity index (χ3n) is 5.53. The molecule has 21 heavy (non-hydrogen) atoms. The van der Waals surface area contributed by atoms with E-state index in [2.05, 4.69) is 0 Å². The summed E-state index contributed by atoms with van der Waals surface area (Å²) in [6, 6.07) is 0. The third-order valence-corrected chi connectivity index (χ3v) is 6.32. The maximum Gasteiger partial charge on any atom is 0.309 e. The fourth-order valence-electron chi connectivity index (χ4n) is 4.96. The highest BCUT2D eigenvalue weighted by atomic mass is 32.2. The Labute approximate surface area is 126 Å². The Morgan fingerprint density at radius 2 is 1.57 bits per heavy atom. The third kappa shape index (κ3) is 3.59. The number of hydrogen-bond donors (Lipinski definition) is 0. The molecule has 0 amide bonds. The largest absolute Gasteiger partial charge is 0.748 e. The Balaban J connectivity index is 1.44. The minimum absolute atomic E-state index is 0.0704. The van der Waals surface area contributed by atoms with Gasteiger partial charge in [-0.2, -0.15) is 0 Å². The molecule has 0 N–H and O–H groups in total. The summed E-state index contributed by atoms with van der Waals surface area (Å²) < 4.78 is 36.8. The van der Waals surface area contributed by atoms with Crippen LogP contribution < -0.4 is 0 Å². The number of rotatable bonds is 6. The van der Waals surface area contributed by atoms with Gasteiger partial charge in [-0.3, -0.25) is 4.79 Å². The molecular formula is C15H23O5S-. The molecule has 0 spiro atoms. The predicted octanol–water partition coefficient (Wildman–Crippen LogP) is 1.93. The van der Waals surface area contributed by atoms with Gasteiger partial charge in [0.2, 0.25) is 0 Å². The molecular weight excluding hydrogens is 292 g/mol. The Bertz CT molecular complexity index is 470. The summed E-state index contributed by atoms with van der Waals surface area (Å²) in [7, 11) is -4.15. The Kier molecular flexibility index (Phi) is 4.28. The van der Waals surface area contributed by atoms with Crippen LogP contribution in [0.1, 0.15) is 44.9 Å². The SMILES string of the molecule is O=C(OCCCCS(=O)(=O)[O-])C1C2CC3CC(C2)CC1C3. The van der Waals surface area contributed by atoms with Crippen LogP contribution in [0.2, 0.25) is 0 Å². The first kappa shape index (κ1) is 15.3. The lowest BCUT2D eigenvalue weighted by atomic mass is 9.52. The van der Waals surface area contributed by atoms with Crippen molar-refractivity contribution in [3.05, 3.63) is 0 Å². The molecule has 6 heteroatoms. The highest BCUT2D eigenvalue weighted by Crippen LogP contribution is 2.56. The first-order valence-corrected chi connectivity index (χ1v) is 9.60. The van der Waals surface area contributed by atoms with Gasteiger partial charge in [-0.05, 0) is 68.6 Å². The maximum atomic E-state index is 12.3. The molecule has 5 nitrogen and oxygen atoms in total. The number of esters is 1. The summed E-state index contributed by atoms with van der Waals surface area (Å²) in [6.07, 6.45) is 6.80. The molecule has 120 valence electrons.